The summed E-state index contributed by atoms with van der Waals surface area (Å²) in [6.07, 6.45) is 14.6. The van der Waals surface area contributed by atoms with Crippen LogP contribution in [0.2, 0.25) is 0 Å². The first-order valence-corrected chi connectivity index (χ1v) is 10.8. The Morgan fingerprint density at radius 3 is 2.75 bits per heavy atom. The van der Waals surface area contributed by atoms with Crippen LogP contribution in [0.4, 0.5) is 5.82 Å². The van der Waals surface area contributed by atoms with E-state index in [-0.39, 0.29) is 6.61 Å². The third-order valence-corrected chi connectivity index (χ3v) is 4.98. The van der Waals surface area contributed by atoms with E-state index in [0.29, 0.717) is 24.3 Å². The second-order valence-electron chi connectivity index (χ2n) is 7.63. The van der Waals surface area contributed by atoms with Gasteiger partial charge in [0, 0.05) is 48.1 Å². The van der Waals surface area contributed by atoms with E-state index < -0.39 is 0 Å². The summed E-state index contributed by atoms with van der Waals surface area (Å²) < 4.78 is 0. The maximum Gasteiger partial charge on any atom is 0.212 e. The normalized spacial score (nSPS) is 14.7. The molecule has 1 saturated carbocycles. The van der Waals surface area contributed by atoms with Crippen LogP contribution in [0, 0.1) is 17.2 Å². The van der Waals surface area contributed by atoms with Gasteiger partial charge in [0.15, 0.2) is 0 Å². The summed E-state index contributed by atoms with van der Waals surface area (Å²) in [6.45, 7) is 3.94. The molecule has 0 aliphatic heterocycles. The number of rotatable bonds is 8. The average molecular weight is 434 g/mol. The molecule has 0 radical (unpaired) electrons. The Hall–Kier alpha value is -3.50. The lowest BCUT2D eigenvalue weighted by atomic mass is 9.98. The first-order chi connectivity index (χ1) is 15.5. The van der Waals surface area contributed by atoms with E-state index in [2.05, 4.69) is 34.4 Å². The average Bonchev–Trinajstić information content (AvgIpc) is 3.59. The molecule has 4 N–H and O–H groups in total. The maximum atomic E-state index is 10.7. The van der Waals surface area contributed by atoms with Crippen molar-refractivity contribution in [3.8, 4) is 6.07 Å². The number of nitrogens with one attached hydrogen (secondary N) is 1. The Bertz CT molecular complexity index is 1090. The summed E-state index contributed by atoms with van der Waals surface area (Å²) in [5, 5.41) is 21.6. The number of amides is 1. The van der Waals surface area contributed by atoms with Crippen LogP contribution in [-0.2, 0) is 11.2 Å². The topological polar surface area (TPSA) is 125 Å². The molecule has 32 heavy (non-hydrogen) atoms. The van der Waals surface area contributed by atoms with Gasteiger partial charge in [0.2, 0.25) is 6.41 Å². The van der Waals surface area contributed by atoms with Gasteiger partial charge in [0.05, 0.1) is 6.07 Å². The monoisotopic (exact) mass is 433 g/mol. The number of carbonyl (C=O) groups excluding carboxylic acids is 1. The van der Waals surface area contributed by atoms with E-state index in [0.717, 1.165) is 45.9 Å². The number of pyridine rings is 2. The molecule has 0 bridgehead atoms. The van der Waals surface area contributed by atoms with Crippen molar-refractivity contribution in [2.45, 2.75) is 46.0 Å². The molecule has 3 rings (SSSR count). The highest BCUT2D eigenvalue weighted by molar-refractivity contribution is 5.89. The zero-order chi connectivity index (χ0) is 23.3. The minimum atomic E-state index is 0.0695. The van der Waals surface area contributed by atoms with E-state index in [4.69, 9.17) is 11.0 Å². The standard InChI is InChI=1S/C20H24N4O2.C5H7N/c1-3-4-16(19-11-22-7-5-15(19)6-8-25)9-17-10-20(24-13-26)23-12-18(17)14(2)21;6-4-3-5-1-2-5/h4-5,7,9-13,25H,3,6,8,21H2,1-2H3,(H,24,26);5H,1-3H2/b16-4-,17-9-,18-14+;. The zero-order valence-electron chi connectivity index (χ0n) is 18.7. The largest absolute Gasteiger partial charge is 0.402 e. The van der Waals surface area contributed by atoms with Crippen LogP contribution in [0.5, 0.6) is 0 Å². The molecule has 1 aliphatic carbocycles. The van der Waals surface area contributed by atoms with E-state index >= 15 is 0 Å². The molecule has 7 heteroatoms. The Morgan fingerprint density at radius 2 is 2.19 bits per heavy atom. The van der Waals surface area contributed by atoms with Gasteiger partial charge < -0.3 is 16.2 Å². The number of anilines is 1. The quantitative estimate of drug-likeness (QED) is 0.549. The molecule has 168 valence electrons. The summed E-state index contributed by atoms with van der Waals surface area (Å²) in [5.41, 5.74) is 9.61. The summed E-state index contributed by atoms with van der Waals surface area (Å²) in [6, 6.07) is 5.83. The first-order valence-electron chi connectivity index (χ1n) is 10.8. The first kappa shape index (κ1) is 24.8. The zero-order valence-corrected chi connectivity index (χ0v) is 18.7. The third-order valence-electron chi connectivity index (χ3n) is 4.98. The van der Waals surface area contributed by atoms with Gasteiger partial charge in [-0.2, -0.15) is 5.26 Å². The van der Waals surface area contributed by atoms with Crippen molar-refractivity contribution >= 4 is 29.6 Å². The van der Waals surface area contributed by atoms with Crippen LogP contribution in [0.1, 0.15) is 50.7 Å². The summed E-state index contributed by atoms with van der Waals surface area (Å²) in [4.78, 5) is 19.2. The van der Waals surface area contributed by atoms with Crippen molar-refractivity contribution in [2.24, 2.45) is 11.7 Å². The molecular formula is C25H31N5O2. The molecule has 0 atom stereocenters. The number of aliphatic hydroxyl groups excluding tert-OH is 1. The van der Waals surface area contributed by atoms with Gasteiger partial charge >= 0.3 is 0 Å². The highest BCUT2D eigenvalue weighted by Gasteiger charge is 2.19. The van der Waals surface area contributed by atoms with Crippen LogP contribution in [0.25, 0.3) is 17.3 Å². The molecular weight excluding hydrogens is 402 g/mol. The highest BCUT2D eigenvalue weighted by atomic mass is 16.3. The second-order valence-corrected chi connectivity index (χ2v) is 7.63. The van der Waals surface area contributed by atoms with Crippen LogP contribution >= 0.6 is 0 Å². The number of hydrogen-bond acceptors (Lipinski definition) is 6. The maximum absolute atomic E-state index is 10.7. The molecule has 7 nitrogen and oxygen atoms in total. The summed E-state index contributed by atoms with van der Waals surface area (Å²) >= 11 is 0. The van der Waals surface area contributed by atoms with Gasteiger partial charge in [-0.3, -0.25) is 9.78 Å². The number of nitrogens with zero attached hydrogens (tertiary/aromatic N) is 3. The van der Waals surface area contributed by atoms with Gasteiger partial charge in [-0.15, -0.1) is 0 Å². The summed E-state index contributed by atoms with van der Waals surface area (Å²) in [5.74, 6) is 1.24. The molecule has 1 fully saturated rings. The number of aliphatic hydroxyl groups is 1. The fourth-order valence-electron chi connectivity index (χ4n) is 3.17. The Kier molecular flexibility index (Phi) is 10.1. The molecule has 2 aromatic heterocycles. The lowest BCUT2D eigenvalue weighted by Gasteiger charge is -2.09. The molecule has 0 unspecified atom stereocenters. The van der Waals surface area contributed by atoms with Crippen molar-refractivity contribution in [1.82, 2.24) is 9.97 Å². The lowest BCUT2D eigenvalue weighted by Crippen LogP contribution is -2.30. The van der Waals surface area contributed by atoms with Crippen molar-refractivity contribution in [1.29, 1.82) is 5.26 Å². The van der Waals surface area contributed by atoms with Crippen LogP contribution in [-0.4, -0.2) is 28.1 Å². The van der Waals surface area contributed by atoms with Crippen LogP contribution < -0.4 is 21.5 Å². The molecule has 0 aromatic carbocycles. The van der Waals surface area contributed by atoms with Crippen molar-refractivity contribution in [2.75, 3.05) is 11.9 Å². The lowest BCUT2D eigenvalue weighted by molar-refractivity contribution is -0.105. The minimum absolute atomic E-state index is 0.0695. The number of hydrogen-bond donors (Lipinski definition) is 3. The number of nitriles is 1. The SMILES string of the molecule is CC/C=C(/C=c1/cc(NC=O)nc/c1=C(/C)N)c1cnccc1CCO.N#CCC1CC1. The Balaban J connectivity index is 0.000000520. The molecule has 1 amide bonds. The summed E-state index contributed by atoms with van der Waals surface area (Å²) in [7, 11) is 0. The third kappa shape index (κ3) is 7.64. The van der Waals surface area contributed by atoms with Crippen molar-refractivity contribution < 1.29 is 9.90 Å². The van der Waals surface area contributed by atoms with Gasteiger partial charge in [0.25, 0.3) is 0 Å². The smallest absolute Gasteiger partial charge is 0.212 e. The minimum Gasteiger partial charge on any atom is -0.402 e. The molecule has 0 spiro atoms. The molecule has 1 aliphatic rings. The van der Waals surface area contributed by atoms with E-state index in [1.54, 1.807) is 24.7 Å². The van der Waals surface area contributed by atoms with Gasteiger partial charge in [-0.05, 0) is 73.1 Å². The van der Waals surface area contributed by atoms with Crippen LogP contribution in [0.15, 0.2) is 36.8 Å². The van der Waals surface area contributed by atoms with Crippen molar-refractivity contribution in [3.05, 3.63) is 58.4 Å². The van der Waals surface area contributed by atoms with Crippen LogP contribution in [0.3, 0.4) is 0 Å². The van der Waals surface area contributed by atoms with Gasteiger partial charge in [-0.25, -0.2) is 4.98 Å². The Morgan fingerprint density at radius 1 is 1.41 bits per heavy atom. The number of carbonyl (C=O) groups is 1. The molecule has 2 aromatic rings. The number of nitrogens with two attached hydrogens (primary N) is 1. The number of aromatic nitrogens is 2. The van der Waals surface area contributed by atoms with E-state index in [9.17, 15) is 9.90 Å². The van der Waals surface area contributed by atoms with Crippen molar-refractivity contribution in [3.63, 3.8) is 0 Å². The predicted molar refractivity (Wildman–Crippen MR) is 127 cm³/mol. The van der Waals surface area contributed by atoms with E-state index in [1.165, 1.54) is 12.8 Å². The fourth-order valence-corrected chi connectivity index (χ4v) is 3.17. The van der Waals surface area contributed by atoms with E-state index in [1.807, 2.05) is 19.1 Å². The fraction of sp³-hybridized carbons (Fsp3) is 0.360. The van der Waals surface area contributed by atoms with Gasteiger partial charge in [0.1, 0.15) is 5.82 Å². The Labute approximate surface area is 189 Å². The highest BCUT2D eigenvalue weighted by Crippen LogP contribution is 2.31. The van der Waals surface area contributed by atoms with Gasteiger partial charge in [-0.1, -0.05) is 13.0 Å². The molecule has 2 heterocycles. The number of allylic oxidation sites excluding steroid dienone is 2. The second kappa shape index (κ2) is 13.0. The predicted octanol–water partition coefficient (Wildman–Crippen LogP) is 2.25. The molecule has 0 saturated heterocycles.